The number of hydrogen-bond acceptors (Lipinski definition) is 3. The molecular formula is C21H21NO3S. The lowest BCUT2D eigenvalue weighted by molar-refractivity contribution is 0.483. The lowest BCUT2D eigenvalue weighted by Crippen LogP contribution is -2.12. The van der Waals surface area contributed by atoms with Crippen LogP contribution in [-0.2, 0) is 16.4 Å². The predicted octanol–water partition coefficient (Wildman–Crippen LogP) is 5.23. The van der Waals surface area contributed by atoms with Crippen LogP contribution < -0.4 is 9.46 Å². The van der Waals surface area contributed by atoms with Crippen molar-refractivity contribution in [1.29, 1.82) is 0 Å². The molecule has 0 radical (unpaired) electrons. The predicted molar refractivity (Wildman–Crippen MR) is 104 cm³/mol. The zero-order valence-corrected chi connectivity index (χ0v) is 15.4. The summed E-state index contributed by atoms with van der Waals surface area (Å²) in [4.78, 5) is 0.252. The van der Waals surface area contributed by atoms with Crippen LogP contribution >= 0.6 is 0 Å². The van der Waals surface area contributed by atoms with Gasteiger partial charge in [-0.2, -0.15) is 0 Å². The third-order valence-electron chi connectivity index (χ3n) is 3.86. The Balaban J connectivity index is 1.69. The van der Waals surface area contributed by atoms with Crippen molar-refractivity contribution in [1.82, 2.24) is 0 Å². The van der Waals surface area contributed by atoms with Crippen molar-refractivity contribution < 1.29 is 13.2 Å². The molecule has 0 fully saturated rings. The second-order valence-corrected chi connectivity index (χ2v) is 7.62. The summed E-state index contributed by atoms with van der Waals surface area (Å²) in [6, 6.07) is 23.2. The van der Waals surface area contributed by atoms with Crippen molar-refractivity contribution >= 4 is 15.7 Å². The maximum Gasteiger partial charge on any atom is 0.261 e. The molecule has 3 rings (SSSR count). The zero-order valence-electron chi connectivity index (χ0n) is 14.6. The van der Waals surface area contributed by atoms with Crippen molar-refractivity contribution in [3.05, 3.63) is 84.4 Å². The fourth-order valence-corrected chi connectivity index (χ4v) is 3.61. The van der Waals surface area contributed by atoms with Gasteiger partial charge in [0.05, 0.1) is 4.90 Å². The number of nitrogens with one attached hydrogen (secondary N) is 1. The summed E-state index contributed by atoms with van der Waals surface area (Å²) in [6.07, 6.45) is 1.97. The van der Waals surface area contributed by atoms with E-state index >= 15 is 0 Å². The molecule has 0 aliphatic rings. The molecule has 0 saturated heterocycles. The number of sulfonamides is 1. The van der Waals surface area contributed by atoms with Gasteiger partial charge in [-0.15, -0.1) is 0 Å². The third-order valence-corrected chi connectivity index (χ3v) is 5.25. The van der Waals surface area contributed by atoms with Gasteiger partial charge in [0.15, 0.2) is 0 Å². The number of ether oxygens (including phenoxy) is 1. The van der Waals surface area contributed by atoms with E-state index in [-0.39, 0.29) is 4.90 Å². The largest absolute Gasteiger partial charge is 0.457 e. The summed E-state index contributed by atoms with van der Waals surface area (Å²) in [6.45, 7) is 2.09. The number of anilines is 1. The van der Waals surface area contributed by atoms with E-state index in [1.807, 2.05) is 42.5 Å². The highest BCUT2D eigenvalue weighted by Gasteiger charge is 2.14. The van der Waals surface area contributed by atoms with Crippen molar-refractivity contribution in [2.24, 2.45) is 0 Å². The highest BCUT2D eigenvalue weighted by molar-refractivity contribution is 7.92. The second-order valence-electron chi connectivity index (χ2n) is 5.94. The quantitative estimate of drug-likeness (QED) is 0.622. The van der Waals surface area contributed by atoms with Gasteiger partial charge < -0.3 is 4.74 Å². The SMILES string of the molecule is CCCc1ccc(S(=O)(=O)Nc2ccc(Oc3ccccc3)cc2)cc1. The van der Waals surface area contributed by atoms with E-state index in [4.69, 9.17) is 4.74 Å². The Morgan fingerprint density at radius 3 is 2.04 bits per heavy atom. The second kappa shape index (κ2) is 8.06. The van der Waals surface area contributed by atoms with Crippen LogP contribution in [0, 0.1) is 0 Å². The molecule has 5 heteroatoms. The molecule has 3 aromatic rings. The Kier molecular flexibility index (Phi) is 5.58. The summed E-state index contributed by atoms with van der Waals surface area (Å²) in [5, 5.41) is 0. The van der Waals surface area contributed by atoms with Gasteiger partial charge >= 0.3 is 0 Å². The molecule has 0 amide bonds. The van der Waals surface area contributed by atoms with Crippen LogP contribution in [0.15, 0.2) is 83.8 Å². The van der Waals surface area contributed by atoms with Crippen LogP contribution in [0.4, 0.5) is 5.69 Å². The topological polar surface area (TPSA) is 55.4 Å². The summed E-state index contributed by atoms with van der Waals surface area (Å²) >= 11 is 0. The fraction of sp³-hybridized carbons (Fsp3) is 0.143. The zero-order chi connectivity index (χ0) is 18.4. The maximum atomic E-state index is 12.5. The van der Waals surface area contributed by atoms with Crippen LogP contribution in [0.2, 0.25) is 0 Å². The average molecular weight is 367 g/mol. The molecule has 0 unspecified atom stereocenters. The Labute approximate surface area is 154 Å². The normalized spacial score (nSPS) is 11.1. The number of hydrogen-bond donors (Lipinski definition) is 1. The Bertz CT molecular complexity index is 935. The monoisotopic (exact) mass is 367 g/mol. The van der Waals surface area contributed by atoms with Gasteiger partial charge in [0, 0.05) is 5.69 Å². The summed E-state index contributed by atoms with van der Waals surface area (Å²) < 4.78 is 33.3. The average Bonchev–Trinajstić information content (AvgIpc) is 2.65. The van der Waals surface area contributed by atoms with Gasteiger partial charge in [-0.3, -0.25) is 4.72 Å². The lowest BCUT2D eigenvalue weighted by atomic mass is 10.1. The van der Waals surface area contributed by atoms with Gasteiger partial charge in [-0.05, 0) is 60.5 Å². The maximum absolute atomic E-state index is 12.5. The van der Waals surface area contributed by atoms with E-state index < -0.39 is 10.0 Å². The van der Waals surface area contributed by atoms with Crippen LogP contribution in [0.5, 0.6) is 11.5 Å². The third kappa shape index (κ3) is 4.64. The molecule has 0 bridgehead atoms. The summed E-state index contributed by atoms with van der Waals surface area (Å²) in [7, 11) is -3.61. The van der Waals surface area contributed by atoms with E-state index in [0.717, 1.165) is 24.2 Å². The highest BCUT2D eigenvalue weighted by atomic mass is 32.2. The first kappa shape index (κ1) is 18.0. The van der Waals surface area contributed by atoms with Crippen molar-refractivity contribution in [2.45, 2.75) is 24.7 Å². The van der Waals surface area contributed by atoms with Crippen LogP contribution in [0.3, 0.4) is 0 Å². The van der Waals surface area contributed by atoms with Gasteiger partial charge in [-0.1, -0.05) is 43.7 Å². The fourth-order valence-electron chi connectivity index (χ4n) is 2.55. The minimum atomic E-state index is -3.61. The molecule has 1 N–H and O–H groups in total. The van der Waals surface area contributed by atoms with Crippen LogP contribution in [0.1, 0.15) is 18.9 Å². The van der Waals surface area contributed by atoms with E-state index in [0.29, 0.717) is 11.4 Å². The molecule has 0 aliphatic carbocycles. The van der Waals surface area contributed by atoms with Crippen LogP contribution in [-0.4, -0.2) is 8.42 Å². The highest BCUT2D eigenvalue weighted by Crippen LogP contribution is 2.24. The Morgan fingerprint density at radius 2 is 1.42 bits per heavy atom. The molecule has 3 aromatic carbocycles. The standard InChI is InChI=1S/C21H21NO3S/c1-2-6-17-9-15-21(16-10-17)26(23,24)22-18-11-13-20(14-12-18)25-19-7-4-3-5-8-19/h3-5,7-16,22H,2,6H2,1H3. The van der Waals surface area contributed by atoms with E-state index in [2.05, 4.69) is 11.6 Å². The van der Waals surface area contributed by atoms with Crippen molar-refractivity contribution in [3.63, 3.8) is 0 Å². The Morgan fingerprint density at radius 1 is 0.808 bits per heavy atom. The molecule has 0 atom stereocenters. The van der Waals surface area contributed by atoms with Gasteiger partial charge in [0.1, 0.15) is 11.5 Å². The van der Waals surface area contributed by atoms with Crippen molar-refractivity contribution in [3.8, 4) is 11.5 Å². The molecular weight excluding hydrogens is 346 g/mol. The molecule has 0 spiro atoms. The number of para-hydroxylation sites is 1. The smallest absolute Gasteiger partial charge is 0.261 e. The molecule has 0 aliphatic heterocycles. The van der Waals surface area contributed by atoms with E-state index in [1.165, 1.54) is 0 Å². The van der Waals surface area contributed by atoms with Crippen molar-refractivity contribution in [2.75, 3.05) is 4.72 Å². The lowest BCUT2D eigenvalue weighted by Gasteiger charge is -2.10. The minimum Gasteiger partial charge on any atom is -0.457 e. The first-order valence-electron chi connectivity index (χ1n) is 8.51. The van der Waals surface area contributed by atoms with Gasteiger partial charge in [0.25, 0.3) is 10.0 Å². The number of rotatable bonds is 7. The molecule has 0 saturated carbocycles. The molecule has 0 heterocycles. The van der Waals surface area contributed by atoms with Gasteiger partial charge in [-0.25, -0.2) is 8.42 Å². The van der Waals surface area contributed by atoms with E-state index in [1.54, 1.807) is 36.4 Å². The van der Waals surface area contributed by atoms with E-state index in [9.17, 15) is 8.42 Å². The molecule has 0 aromatic heterocycles. The Hall–Kier alpha value is -2.79. The number of benzene rings is 3. The minimum absolute atomic E-state index is 0.252. The molecule has 26 heavy (non-hydrogen) atoms. The summed E-state index contributed by atoms with van der Waals surface area (Å²) in [5.41, 5.74) is 1.62. The first-order chi connectivity index (χ1) is 12.6. The molecule has 4 nitrogen and oxygen atoms in total. The molecule has 134 valence electrons. The van der Waals surface area contributed by atoms with Gasteiger partial charge in [0.2, 0.25) is 0 Å². The summed E-state index contributed by atoms with van der Waals surface area (Å²) in [5.74, 6) is 1.37. The first-order valence-corrected chi connectivity index (χ1v) is 10.00. The van der Waals surface area contributed by atoms with Crippen LogP contribution in [0.25, 0.3) is 0 Å². The number of aryl methyl sites for hydroxylation is 1.